The van der Waals surface area contributed by atoms with E-state index in [0.29, 0.717) is 0 Å². The number of benzene rings is 1. The maximum Gasteiger partial charge on any atom is 0.209 e. The summed E-state index contributed by atoms with van der Waals surface area (Å²) in [4.78, 5) is 0. The van der Waals surface area contributed by atoms with Crippen molar-refractivity contribution < 1.29 is 4.58 Å². The van der Waals surface area contributed by atoms with Crippen LogP contribution in [-0.4, -0.2) is 15.8 Å². The van der Waals surface area contributed by atoms with Gasteiger partial charge in [0.2, 0.25) is 5.69 Å². The van der Waals surface area contributed by atoms with Crippen molar-refractivity contribution in [3.63, 3.8) is 0 Å². The molecule has 2 aliphatic rings. The maximum atomic E-state index is 2.55. The Morgan fingerprint density at radius 1 is 1.06 bits per heavy atom. The van der Waals surface area contributed by atoms with E-state index in [2.05, 4.69) is 69.5 Å². The molecule has 1 aromatic carbocycles. The van der Waals surface area contributed by atoms with Crippen molar-refractivity contribution in [1.29, 1.82) is 0 Å². The fourth-order valence-corrected chi connectivity index (χ4v) is 3.93. The lowest BCUT2D eigenvalue weighted by atomic mass is 9.68. The lowest BCUT2D eigenvalue weighted by Gasteiger charge is -2.36. The van der Waals surface area contributed by atoms with Crippen LogP contribution in [0.5, 0.6) is 0 Å². The molecule has 0 bridgehead atoms. The Morgan fingerprint density at radius 3 is 2.44 bits per heavy atom. The van der Waals surface area contributed by atoms with Gasteiger partial charge in [0, 0.05) is 38.0 Å². The zero-order valence-electron chi connectivity index (χ0n) is 12.0. The number of rotatable bonds is 0. The Labute approximate surface area is 110 Å². The van der Waals surface area contributed by atoms with Crippen LogP contribution in [0.2, 0.25) is 0 Å². The number of nitrogens with zero attached hydrogens (tertiary/aromatic N) is 1. The van der Waals surface area contributed by atoms with E-state index in [-0.39, 0.29) is 11.0 Å². The normalized spacial score (nSPS) is 28.8. The van der Waals surface area contributed by atoms with Crippen LogP contribution < -0.4 is 0 Å². The summed E-state index contributed by atoms with van der Waals surface area (Å²) in [7, 11) is 0. The first-order chi connectivity index (χ1) is 8.38. The summed E-state index contributed by atoms with van der Waals surface area (Å²) in [6.07, 6.45) is 3.48. The third kappa shape index (κ3) is 1.20. The van der Waals surface area contributed by atoms with Gasteiger partial charge in [-0.1, -0.05) is 23.8 Å². The quantitative estimate of drug-likeness (QED) is 0.598. The van der Waals surface area contributed by atoms with Crippen molar-refractivity contribution in [2.45, 2.75) is 52.0 Å². The molecule has 1 atom stereocenters. The van der Waals surface area contributed by atoms with Crippen molar-refractivity contribution in [2.24, 2.45) is 0 Å². The summed E-state index contributed by atoms with van der Waals surface area (Å²) in [6.45, 7) is 11.7. The van der Waals surface area contributed by atoms with E-state index in [1.807, 2.05) is 0 Å². The second kappa shape index (κ2) is 3.34. The van der Waals surface area contributed by atoms with Crippen LogP contribution in [-0.2, 0) is 5.41 Å². The standard InChI is InChI=1S/C17H22N/c1-12-10-13(2)18-15-9-7-6-8-14(15)16(3,4)17(18,5)11-12/h6-10H,11H2,1-5H3/q+1. The second-order valence-electron chi connectivity index (χ2n) is 6.56. The fourth-order valence-electron chi connectivity index (χ4n) is 3.93. The number of hydrogen-bond donors (Lipinski definition) is 0. The van der Waals surface area contributed by atoms with E-state index in [1.165, 1.54) is 22.5 Å². The summed E-state index contributed by atoms with van der Waals surface area (Å²) >= 11 is 0. The molecule has 0 N–H and O–H groups in total. The van der Waals surface area contributed by atoms with Crippen LogP contribution in [0, 0.1) is 0 Å². The summed E-state index contributed by atoms with van der Waals surface area (Å²) in [5.74, 6) is 0. The molecule has 1 heteroatoms. The molecular weight excluding hydrogens is 218 g/mol. The van der Waals surface area contributed by atoms with Crippen molar-refractivity contribution in [2.75, 3.05) is 0 Å². The predicted octanol–water partition coefficient (Wildman–Crippen LogP) is 4.19. The molecule has 0 saturated carbocycles. The Kier molecular flexibility index (Phi) is 2.17. The lowest BCUT2D eigenvalue weighted by molar-refractivity contribution is -0.531. The number of hydrogen-bond acceptors (Lipinski definition) is 0. The highest BCUT2D eigenvalue weighted by molar-refractivity contribution is 5.91. The SMILES string of the molecule is CC1=CC(C)=[N+]2c3ccccc3C(C)(C)C2(C)C1. The molecule has 0 saturated heterocycles. The second-order valence-corrected chi connectivity index (χ2v) is 6.56. The molecule has 0 amide bonds. The Bertz CT molecular complexity index is 589. The average molecular weight is 240 g/mol. The topological polar surface area (TPSA) is 3.01 Å². The Hall–Kier alpha value is -1.37. The van der Waals surface area contributed by atoms with Crippen LogP contribution in [0.15, 0.2) is 35.9 Å². The maximum absolute atomic E-state index is 2.55. The van der Waals surface area contributed by atoms with Gasteiger partial charge in [-0.15, -0.1) is 0 Å². The van der Waals surface area contributed by atoms with Gasteiger partial charge in [-0.25, -0.2) is 0 Å². The summed E-state index contributed by atoms with van der Waals surface area (Å²) in [6, 6.07) is 8.87. The van der Waals surface area contributed by atoms with E-state index in [9.17, 15) is 0 Å². The third-order valence-corrected chi connectivity index (χ3v) is 5.09. The molecule has 18 heavy (non-hydrogen) atoms. The molecule has 3 rings (SSSR count). The molecule has 1 aromatic rings. The summed E-state index contributed by atoms with van der Waals surface area (Å²) in [5, 5.41) is 0. The van der Waals surface area contributed by atoms with Gasteiger partial charge in [0.1, 0.15) is 0 Å². The van der Waals surface area contributed by atoms with Gasteiger partial charge in [0.25, 0.3) is 0 Å². The molecule has 0 spiro atoms. The fraction of sp³-hybridized carbons (Fsp3) is 0.471. The van der Waals surface area contributed by atoms with E-state index < -0.39 is 0 Å². The molecule has 94 valence electrons. The van der Waals surface area contributed by atoms with Gasteiger partial charge in [-0.3, -0.25) is 0 Å². The molecule has 0 aromatic heterocycles. The first kappa shape index (κ1) is 11.7. The van der Waals surface area contributed by atoms with Crippen LogP contribution >= 0.6 is 0 Å². The minimum absolute atomic E-state index is 0.166. The zero-order valence-corrected chi connectivity index (χ0v) is 12.0. The monoisotopic (exact) mass is 240 g/mol. The van der Waals surface area contributed by atoms with Crippen molar-refractivity contribution in [1.82, 2.24) is 0 Å². The molecule has 0 aliphatic carbocycles. The van der Waals surface area contributed by atoms with Crippen molar-refractivity contribution in [3.05, 3.63) is 41.5 Å². The number of para-hydroxylation sites is 1. The van der Waals surface area contributed by atoms with Crippen molar-refractivity contribution in [3.8, 4) is 0 Å². The molecule has 0 fully saturated rings. The highest BCUT2D eigenvalue weighted by Gasteiger charge is 2.60. The van der Waals surface area contributed by atoms with E-state index in [0.717, 1.165) is 6.42 Å². The lowest BCUT2D eigenvalue weighted by Crippen LogP contribution is -2.50. The highest BCUT2D eigenvalue weighted by Crippen LogP contribution is 2.53. The minimum atomic E-state index is 0.166. The van der Waals surface area contributed by atoms with Gasteiger partial charge in [0.05, 0.1) is 5.41 Å². The minimum Gasteiger partial charge on any atom is -0.190 e. The molecule has 2 aliphatic heterocycles. The van der Waals surface area contributed by atoms with Gasteiger partial charge >= 0.3 is 0 Å². The van der Waals surface area contributed by atoms with Gasteiger partial charge in [-0.05, 0) is 20.8 Å². The van der Waals surface area contributed by atoms with Crippen LogP contribution in [0.4, 0.5) is 5.69 Å². The van der Waals surface area contributed by atoms with Gasteiger partial charge in [0.15, 0.2) is 11.3 Å². The molecule has 1 nitrogen and oxygen atoms in total. The largest absolute Gasteiger partial charge is 0.209 e. The van der Waals surface area contributed by atoms with Crippen LogP contribution in [0.1, 0.15) is 46.6 Å². The number of allylic oxidation sites excluding steroid dienone is 1. The average Bonchev–Trinajstić information content (AvgIpc) is 2.44. The molecule has 1 unspecified atom stereocenters. The number of fused-ring (bicyclic) bond motifs is 3. The van der Waals surface area contributed by atoms with E-state index in [1.54, 1.807) is 0 Å². The summed E-state index contributed by atoms with van der Waals surface area (Å²) < 4.78 is 2.55. The molecule has 0 radical (unpaired) electrons. The van der Waals surface area contributed by atoms with Gasteiger partial charge in [-0.2, -0.15) is 4.58 Å². The van der Waals surface area contributed by atoms with E-state index >= 15 is 0 Å². The van der Waals surface area contributed by atoms with Crippen LogP contribution in [0.3, 0.4) is 0 Å². The first-order valence-corrected chi connectivity index (χ1v) is 6.78. The highest BCUT2D eigenvalue weighted by atomic mass is 15.2. The molecular formula is C17H22N+. The Morgan fingerprint density at radius 2 is 1.72 bits per heavy atom. The van der Waals surface area contributed by atoms with E-state index in [4.69, 9.17) is 0 Å². The summed E-state index contributed by atoms with van der Waals surface area (Å²) in [5.41, 5.74) is 6.09. The smallest absolute Gasteiger partial charge is 0.190 e. The zero-order chi connectivity index (χ0) is 13.1. The first-order valence-electron chi connectivity index (χ1n) is 6.78. The van der Waals surface area contributed by atoms with Crippen molar-refractivity contribution >= 4 is 11.4 Å². The van der Waals surface area contributed by atoms with Gasteiger partial charge < -0.3 is 0 Å². The molecule has 2 heterocycles. The van der Waals surface area contributed by atoms with Crippen LogP contribution in [0.25, 0.3) is 0 Å². The predicted molar refractivity (Wildman–Crippen MR) is 76.8 cm³/mol. The third-order valence-electron chi connectivity index (χ3n) is 5.09. The Balaban J connectivity index is 2.38.